The molecule has 2 fully saturated rings. The summed E-state index contributed by atoms with van der Waals surface area (Å²) in [7, 11) is 0. The minimum atomic E-state index is -0.810. The number of fused-ring (bicyclic) bond motifs is 1. The molecule has 0 bridgehead atoms. The maximum absolute atomic E-state index is 12.1. The zero-order chi connectivity index (χ0) is 12.3. The number of hydrogen-bond donors (Lipinski definition) is 1. The number of likely N-dealkylation sites (tertiary alicyclic amines) is 1. The Bertz CT molecular complexity index is 303. The van der Waals surface area contributed by atoms with Crippen LogP contribution in [0.4, 0.5) is 0 Å². The van der Waals surface area contributed by atoms with E-state index in [1.165, 1.54) is 19.3 Å². The lowest BCUT2D eigenvalue weighted by Gasteiger charge is -2.38. The van der Waals surface area contributed by atoms with Gasteiger partial charge in [-0.3, -0.25) is 9.59 Å². The van der Waals surface area contributed by atoms with Crippen molar-refractivity contribution in [3.05, 3.63) is 0 Å². The highest BCUT2D eigenvalue weighted by Crippen LogP contribution is 2.37. The summed E-state index contributed by atoms with van der Waals surface area (Å²) in [5.41, 5.74) is 0. The van der Waals surface area contributed by atoms with Crippen LogP contribution in [0.3, 0.4) is 0 Å². The second-order valence-corrected chi connectivity index (χ2v) is 5.23. The van der Waals surface area contributed by atoms with Crippen molar-refractivity contribution in [2.75, 3.05) is 6.54 Å². The van der Waals surface area contributed by atoms with Crippen molar-refractivity contribution in [1.82, 2.24) is 4.90 Å². The molecule has 96 valence electrons. The summed E-state index contributed by atoms with van der Waals surface area (Å²) >= 11 is 0. The fourth-order valence-corrected chi connectivity index (χ4v) is 3.30. The monoisotopic (exact) mass is 239 g/mol. The summed E-state index contributed by atoms with van der Waals surface area (Å²) in [5, 5.41) is 8.56. The second-order valence-electron chi connectivity index (χ2n) is 5.23. The van der Waals surface area contributed by atoms with Gasteiger partial charge >= 0.3 is 5.97 Å². The van der Waals surface area contributed by atoms with Crippen LogP contribution in [0.5, 0.6) is 0 Å². The number of carbonyl (C=O) groups excluding carboxylic acids is 1. The van der Waals surface area contributed by atoms with Gasteiger partial charge in [0, 0.05) is 25.4 Å². The minimum absolute atomic E-state index is 0.105. The van der Waals surface area contributed by atoms with Gasteiger partial charge in [0.15, 0.2) is 0 Å². The Hall–Kier alpha value is -1.06. The topological polar surface area (TPSA) is 57.6 Å². The predicted octanol–water partition coefficient (Wildman–Crippen LogP) is 2.03. The zero-order valence-corrected chi connectivity index (χ0v) is 10.2. The van der Waals surface area contributed by atoms with Crippen molar-refractivity contribution < 1.29 is 14.7 Å². The van der Waals surface area contributed by atoms with Crippen LogP contribution in [0.15, 0.2) is 0 Å². The molecule has 0 aromatic heterocycles. The van der Waals surface area contributed by atoms with Gasteiger partial charge in [-0.05, 0) is 38.0 Å². The molecule has 0 aromatic rings. The van der Waals surface area contributed by atoms with E-state index in [0.29, 0.717) is 24.8 Å². The minimum Gasteiger partial charge on any atom is -0.481 e. The third-order valence-corrected chi connectivity index (χ3v) is 4.09. The van der Waals surface area contributed by atoms with Gasteiger partial charge in [0.2, 0.25) is 5.91 Å². The van der Waals surface area contributed by atoms with Crippen LogP contribution < -0.4 is 0 Å². The van der Waals surface area contributed by atoms with Crippen LogP contribution in [-0.2, 0) is 9.59 Å². The Kier molecular flexibility index (Phi) is 4.02. The maximum atomic E-state index is 12.1. The molecular weight excluding hydrogens is 218 g/mol. The van der Waals surface area contributed by atoms with E-state index in [2.05, 4.69) is 0 Å². The number of hydrogen-bond acceptors (Lipinski definition) is 2. The molecule has 1 aliphatic heterocycles. The highest BCUT2D eigenvalue weighted by molar-refractivity contribution is 5.77. The third-order valence-electron chi connectivity index (χ3n) is 4.09. The van der Waals surface area contributed by atoms with Gasteiger partial charge in [-0.2, -0.15) is 0 Å². The van der Waals surface area contributed by atoms with Crippen LogP contribution in [0, 0.1) is 5.92 Å². The Balaban J connectivity index is 1.83. The molecule has 1 saturated carbocycles. The third kappa shape index (κ3) is 2.99. The van der Waals surface area contributed by atoms with E-state index >= 15 is 0 Å². The van der Waals surface area contributed by atoms with E-state index in [0.717, 1.165) is 19.4 Å². The van der Waals surface area contributed by atoms with Crippen LogP contribution in [0.1, 0.15) is 51.4 Å². The first-order valence-electron chi connectivity index (χ1n) is 6.70. The van der Waals surface area contributed by atoms with Crippen LogP contribution >= 0.6 is 0 Å². The number of amides is 1. The molecule has 0 spiro atoms. The van der Waals surface area contributed by atoms with Gasteiger partial charge in [0.1, 0.15) is 0 Å². The van der Waals surface area contributed by atoms with Crippen LogP contribution in [-0.4, -0.2) is 34.5 Å². The summed E-state index contributed by atoms with van der Waals surface area (Å²) < 4.78 is 0. The molecule has 2 unspecified atom stereocenters. The number of rotatable bonds is 4. The normalized spacial score (nSPS) is 27.9. The smallest absolute Gasteiger partial charge is 0.303 e. The lowest BCUT2D eigenvalue weighted by molar-refractivity contribution is -0.138. The molecule has 1 amide bonds. The average Bonchev–Trinajstić information content (AvgIpc) is 2.75. The second kappa shape index (κ2) is 5.52. The highest BCUT2D eigenvalue weighted by Gasteiger charge is 2.36. The Morgan fingerprint density at radius 2 is 1.88 bits per heavy atom. The van der Waals surface area contributed by atoms with Crippen molar-refractivity contribution in [2.24, 2.45) is 5.92 Å². The summed E-state index contributed by atoms with van der Waals surface area (Å²) in [6.45, 7) is 0.882. The van der Waals surface area contributed by atoms with Gasteiger partial charge in [0.05, 0.1) is 0 Å². The largest absolute Gasteiger partial charge is 0.481 e. The lowest BCUT2D eigenvalue weighted by atomic mass is 9.91. The quantitative estimate of drug-likeness (QED) is 0.816. The number of piperidine rings is 1. The fraction of sp³-hybridized carbons (Fsp3) is 0.846. The zero-order valence-electron chi connectivity index (χ0n) is 10.2. The van der Waals surface area contributed by atoms with Crippen molar-refractivity contribution >= 4 is 11.9 Å². The SMILES string of the molecule is O=C(O)CCCC(=O)N1CCCC2CCCC21. The first kappa shape index (κ1) is 12.4. The molecule has 2 rings (SSSR count). The number of carboxylic acid groups (broad SMARTS) is 1. The fourth-order valence-electron chi connectivity index (χ4n) is 3.30. The van der Waals surface area contributed by atoms with Crippen molar-refractivity contribution in [2.45, 2.75) is 57.4 Å². The Labute approximate surface area is 102 Å². The number of aliphatic carboxylic acids is 1. The molecule has 4 nitrogen and oxygen atoms in total. The Morgan fingerprint density at radius 3 is 2.65 bits per heavy atom. The number of carbonyl (C=O) groups is 2. The van der Waals surface area contributed by atoms with Crippen LogP contribution in [0.2, 0.25) is 0 Å². The molecule has 0 aromatic carbocycles. The molecule has 2 atom stereocenters. The van der Waals surface area contributed by atoms with Crippen LogP contribution in [0.25, 0.3) is 0 Å². The lowest BCUT2D eigenvalue weighted by Crippen LogP contribution is -2.46. The molecule has 2 aliphatic rings. The number of carboxylic acids is 1. The van der Waals surface area contributed by atoms with Crippen molar-refractivity contribution in [3.63, 3.8) is 0 Å². The first-order chi connectivity index (χ1) is 8.18. The average molecular weight is 239 g/mol. The molecule has 1 saturated heterocycles. The summed E-state index contributed by atoms with van der Waals surface area (Å²) in [4.78, 5) is 24.5. The van der Waals surface area contributed by atoms with E-state index in [1.54, 1.807) is 0 Å². The summed E-state index contributed by atoms with van der Waals surface area (Å²) in [6, 6.07) is 0.459. The van der Waals surface area contributed by atoms with E-state index in [9.17, 15) is 9.59 Å². The maximum Gasteiger partial charge on any atom is 0.303 e. The van der Waals surface area contributed by atoms with Gasteiger partial charge < -0.3 is 10.0 Å². The van der Waals surface area contributed by atoms with E-state index in [-0.39, 0.29) is 12.3 Å². The molecule has 1 N–H and O–H groups in total. The van der Waals surface area contributed by atoms with Gasteiger partial charge in [-0.25, -0.2) is 0 Å². The molecule has 0 radical (unpaired) electrons. The predicted molar refractivity (Wildman–Crippen MR) is 63.6 cm³/mol. The molecule has 4 heteroatoms. The standard InChI is InChI=1S/C13H21NO3/c15-12(7-2-8-13(16)17)14-9-3-5-10-4-1-6-11(10)14/h10-11H,1-9H2,(H,16,17). The van der Waals surface area contributed by atoms with Gasteiger partial charge in [0.25, 0.3) is 0 Å². The molecule has 17 heavy (non-hydrogen) atoms. The highest BCUT2D eigenvalue weighted by atomic mass is 16.4. The first-order valence-corrected chi connectivity index (χ1v) is 6.70. The molecule has 1 aliphatic carbocycles. The van der Waals surface area contributed by atoms with E-state index < -0.39 is 5.97 Å². The summed E-state index contributed by atoms with van der Waals surface area (Å²) in [5.74, 6) is 0.0743. The van der Waals surface area contributed by atoms with Gasteiger partial charge in [-0.15, -0.1) is 0 Å². The van der Waals surface area contributed by atoms with E-state index in [4.69, 9.17) is 5.11 Å². The molecule has 1 heterocycles. The van der Waals surface area contributed by atoms with Crippen molar-refractivity contribution in [3.8, 4) is 0 Å². The van der Waals surface area contributed by atoms with Gasteiger partial charge in [-0.1, -0.05) is 6.42 Å². The van der Waals surface area contributed by atoms with Crippen molar-refractivity contribution in [1.29, 1.82) is 0 Å². The Morgan fingerprint density at radius 1 is 1.12 bits per heavy atom. The summed E-state index contributed by atoms with van der Waals surface area (Å²) in [6.07, 6.45) is 7.02. The number of nitrogens with zero attached hydrogens (tertiary/aromatic N) is 1. The van der Waals surface area contributed by atoms with E-state index in [1.807, 2.05) is 4.90 Å². The molecular formula is C13H21NO3.